The van der Waals surface area contributed by atoms with Gasteiger partial charge in [0.25, 0.3) is 0 Å². The van der Waals surface area contributed by atoms with Gasteiger partial charge in [-0.15, -0.1) is 0 Å². The molecule has 0 unspecified atom stereocenters. The standard InChI is InChI=1S/C12H16O3Si/c1-16(2,3)15-11-6-4-5-10(9-11)7-8-12(13)14/h4-9H,1-3H3,(H,13,14)/b8-7+. The minimum Gasteiger partial charge on any atom is -0.544 e. The number of aliphatic carboxylic acids is 1. The van der Waals surface area contributed by atoms with Crippen molar-refractivity contribution in [3.05, 3.63) is 35.9 Å². The third-order valence-electron chi connectivity index (χ3n) is 1.70. The number of rotatable bonds is 4. The third kappa shape index (κ3) is 4.79. The summed E-state index contributed by atoms with van der Waals surface area (Å²) >= 11 is 0. The lowest BCUT2D eigenvalue weighted by atomic mass is 10.2. The van der Waals surface area contributed by atoms with E-state index in [0.717, 1.165) is 17.4 Å². The number of carbonyl (C=O) groups is 1. The zero-order chi connectivity index (χ0) is 12.2. The summed E-state index contributed by atoms with van der Waals surface area (Å²) < 4.78 is 5.81. The topological polar surface area (TPSA) is 46.5 Å². The molecule has 0 saturated heterocycles. The zero-order valence-corrected chi connectivity index (χ0v) is 10.7. The van der Waals surface area contributed by atoms with Gasteiger partial charge in [0, 0.05) is 6.08 Å². The largest absolute Gasteiger partial charge is 0.544 e. The van der Waals surface area contributed by atoms with Gasteiger partial charge in [-0.05, 0) is 43.4 Å². The second-order valence-corrected chi connectivity index (χ2v) is 8.89. The molecular weight excluding hydrogens is 220 g/mol. The molecule has 0 saturated carbocycles. The van der Waals surface area contributed by atoms with Crippen LogP contribution in [0.25, 0.3) is 6.08 Å². The Balaban J connectivity index is 2.83. The van der Waals surface area contributed by atoms with Crippen LogP contribution in [0.5, 0.6) is 5.75 Å². The number of benzene rings is 1. The van der Waals surface area contributed by atoms with Crippen molar-refractivity contribution in [1.82, 2.24) is 0 Å². The van der Waals surface area contributed by atoms with Gasteiger partial charge in [0.2, 0.25) is 8.32 Å². The van der Waals surface area contributed by atoms with E-state index in [1.165, 1.54) is 0 Å². The molecule has 0 radical (unpaired) electrons. The highest BCUT2D eigenvalue weighted by Crippen LogP contribution is 2.18. The van der Waals surface area contributed by atoms with E-state index in [-0.39, 0.29) is 0 Å². The number of hydrogen-bond donors (Lipinski definition) is 1. The Morgan fingerprint density at radius 3 is 2.62 bits per heavy atom. The zero-order valence-electron chi connectivity index (χ0n) is 9.73. The predicted octanol–water partition coefficient (Wildman–Crippen LogP) is 3.00. The molecule has 0 aliphatic rings. The summed E-state index contributed by atoms with van der Waals surface area (Å²) in [6.45, 7) is 6.31. The highest BCUT2D eigenvalue weighted by atomic mass is 28.4. The maximum atomic E-state index is 10.4. The minimum absolute atomic E-state index is 0.798. The van der Waals surface area contributed by atoms with Crippen LogP contribution in [0.1, 0.15) is 5.56 Å². The van der Waals surface area contributed by atoms with Crippen LogP contribution in [0.2, 0.25) is 19.6 Å². The normalized spacial score (nSPS) is 11.7. The van der Waals surface area contributed by atoms with E-state index in [0.29, 0.717) is 0 Å². The number of hydrogen-bond acceptors (Lipinski definition) is 2. The molecule has 0 aliphatic heterocycles. The molecule has 1 aromatic rings. The van der Waals surface area contributed by atoms with E-state index in [4.69, 9.17) is 9.53 Å². The van der Waals surface area contributed by atoms with Crippen LogP contribution in [0.3, 0.4) is 0 Å². The van der Waals surface area contributed by atoms with Crippen LogP contribution in [-0.4, -0.2) is 19.4 Å². The van der Waals surface area contributed by atoms with Gasteiger partial charge >= 0.3 is 5.97 Å². The summed E-state index contributed by atoms with van der Waals surface area (Å²) in [5, 5.41) is 8.52. The second-order valence-electron chi connectivity index (χ2n) is 4.46. The Hall–Kier alpha value is -1.55. The van der Waals surface area contributed by atoms with Crippen molar-refractivity contribution in [2.24, 2.45) is 0 Å². The molecule has 0 heterocycles. The molecule has 4 heteroatoms. The summed E-state index contributed by atoms with van der Waals surface area (Å²) in [5.41, 5.74) is 0.832. The first-order valence-corrected chi connectivity index (χ1v) is 8.48. The molecule has 0 aromatic heterocycles. The molecule has 0 spiro atoms. The van der Waals surface area contributed by atoms with E-state index in [2.05, 4.69) is 19.6 Å². The van der Waals surface area contributed by atoms with Crippen molar-refractivity contribution in [2.45, 2.75) is 19.6 Å². The summed E-state index contributed by atoms with van der Waals surface area (Å²) in [7, 11) is -1.61. The number of carboxylic acid groups (broad SMARTS) is 1. The lowest BCUT2D eigenvalue weighted by Crippen LogP contribution is -2.29. The summed E-state index contributed by atoms with van der Waals surface area (Å²) in [6, 6.07) is 7.43. The second kappa shape index (κ2) is 4.98. The van der Waals surface area contributed by atoms with E-state index >= 15 is 0 Å². The van der Waals surface area contributed by atoms with Gasteiger partial charge in [-0.2, -0.15) is 0 Å². The smallest absolute Gasteiger partial charge is 0.328 e. The molecule has 0 bridgehead atoms. The lowest BCUT2D eigenvalue weighted by Gasteiger charge is -2.19. The fourth-order valence-electron chi connectivity index (χ4n) is 1.20. The van der Waals surface area contributed by atoms with Gasteiger partial charge in [0.1, 0.15) is 5.75 Å². The van der Waals surface area contributed by atoms with Crippen molar-refractivity contribution in [3.63, 3.8) is 0 Å². The molecule has 0 fully saturated rings. The van der Waals surface area contributed by atoms with Gasteiger partial charge < -0.3 is 9.53 Å². The first kappa shape index (κ1) is 12.5. The van der Waals surface area contributed by atoms with Gasteiger partial charge in [-0.1, -0.05) is 12.1 Å². The Labute approximate surface area is 96.5 Å². The summed E-state index contributed by atoms with van der Waals surface area (Å²) in [4.78, 5) is 10.4. The van der Waals surface area contributed by atoms with Crippen molar-refractivity contribution in [2.75, 3.05) is 0 Å². The lowest BCUT2D eigenvalue weighted by molar-refractivity contribution is -0.131. The van der Waals surface area contributed by atoms with E-state index < -0.39 is 14.3 Å². The van der Waals surface area contributed by atoms with Gasteiger partial charge in [-0.25, -0.2) is 4.79 Å². The van der Waals surface area contributed by atoms with Crippen LogP contribution >= 0.6 is 0 Å². The summed E-state index contributed by atoms with van der Waals surface area (Å²) in [5.74, 6) is -0.150. The third-order valence-corrected chi connectivity index (χ3v) is 2.55. The quantitative estimate of drug-likeness (QED) is 0.645. The van der Waals surface area contributed by atoms with Gasteiger partial charge in [-0.3, -0.25) is 0 Å². The molecular formula is C12H16O3Si. The maximum absolute atomic E-state index is 10.4. The van der Waals surface area contributed by atoms with Gasteiger partial charge in [0.05, 0.1) is 0 Å². The van der Waals surface area contributed by atoms with Crippen LogP contribution in [0.4, 0.5) is 0 Å². The van der Waals surface area contributed by atoms with Crippen molar-refractivity contribution >= 4 is 20.4 Å². The van der Waals surface area contributed by atoms with E-state index in [1.807, 2.05) is 24.3 Å². The predicted molar refractivity (Wildman–Crippen MR) is 67.1 cm³/mol. The highest BCUT2D eigenvalue weighted by molar-refractivity contribution is 6.70. The maximum Gasteiger partial charge on any atom is 0.328 e. The van der Waals surface area contributed by atoms with Crippen molar-refractivity contribution in [3.8, 4) is 5.75 Å². The molecule has 0 amide bonds. The fourth-order valence-corrected chi connectivity index (χ4v) is 2.04. The fraction of sp³-hybridized carbons (Fsp3) is 0.250. The van der Waals surface area contributed by atoms with E-state index in [1.54, 1.807) is 6.08 Å². The molecule has 86 valence electrons. The molecule has 0 atom stereocenters. The molecule has 3 nitrogen and oxygen atoms in total. The monoisotopic (exact) mass is 236 g/mol. The average molecular weight is 236 g/mol. The Morgan fingerprint density at radius 2 is 2.06 bits per heavy atom. The first-order chi connectivity index (χ1) is 7.37. The molecule has 0 aliphatic carbocycles. The molecule has 1 N–H and O–H groups in total. The highest BCUT2D eigenvalue weighted by Gasteiger charge is 2.15. The van der Waals surface area contributed by atoms with Crippen LogP contribution in [0.15, 0.2) is 30.3 Å². The minimum atomic E-state index is -1.61. The molecule has 16 heavy (non-hydrogen) atoms. The van der Waals surface area contributed by atoms with Crippen LogP contribution in [0, 0.1) is 0 Å². The van der Waals surface area contributed by atoms with Crippen molar-refractivity contribution in [1.29, 1.82) is 0 Å². The van der Waals surface area contributed by atoms with Crippen molar-refractivity contribution < 1.29 is 14.3 Å². The van der Waals surface area contributed by atoms with Crippen LogP contribution < -0.4 is 4.43 Å². The first-order valence-electron chi connectivity index (χ1n) is 5.07. The average Bonchev–Trinajstić information content (AvgIpc) is 2.12. The SMILES string of the molecule is C[Si](C)(C)Oc1cccc(/C=C/C(=O)O)c1. The number of carboxylic acids is 1. The van der Waals surface area contributed by atoms with Gasteiger partial charge in [0.15, 0.2) is 0 Å². The Kier molecular flexibility index (Phi) is 3.90. The molecule has 1 aromatic carbocycles. The van der Waals surface area contributed by atoms with Crippen LogP contribution in [-0.2, 0) is 4.79 Å². The van der Waals surface area contributed by atoms with E-state index in [9.17, 15) is 4.79 Å². The summed E-state index contributed by atoms with van der Waals surface area (Å²) in [6.07, 6.45) is 2.67. The Bertz CT molecular complexity index is 405. The molecule has 1 rings (SSSR count). The Morgan fingerprint density at radius 1 is 1.38 bits per heavy atom.